The number of rotatable bonds is 5. The van der Waals surface area contributed by atoms with Gasteiger partial charge in [0.2, 0.25) is 0 Å². The molecule has 18 heavy (non-hydrogen) atoms. The molecule has 0 atom stereocenters. The average molecular weight is 319 g/mol. The number of ether oxygens (including phenoxy) is 2. The SMILES string of the molecule is CCCCCC1COC(C2CCC(Br)CC2)OC1. The Morgan fingerprint density at radius 3 is 2.28 bits per heavy atom. The normalized spacial score (nSPS) is 37.7. The summed E-state index contributed by atoms with van der Waals surface area (Å²) in [6.07, 6.45) is 10.4. The first kappa shape index (κ1) is 14.8. The maximum Gasteiger partial charge on any atom is 0.160 e. The lowest BCUT2D eigenvalue weighted by atomic mass is 9.88. The lowest BCUT2D eigenvalue weighted by molar-refractivity contribution is -0.228. The van der Waals surface area contributed by atoms with Crippen LogP contribution in [0.5, 0.6) is 0 Å². The molecule has 1 saturated heterocycles. The van der Waals surface area contributed by atoms with E-state index in [2.05, 4.69) is 22.9 Å². The summed E-state index contributed by atoms with van der Waals surface area (Å²) in [5.74, 6) is 1.27. The second-order valence-electron chi connectivity index (χ2n) is 5.91. The van der Waals surface area contributed by atoms with Crippen molar-refractivity contribution in [1.82, 2.24) is 0 Å². The van der Waals surface area contributed by atoms with Crippen molar-refractivity contribution in [2.75, 3.05) is 13.2 Å². The van der Waals surface area contributed by atoms with Gasteiger partial charge in [-0.2, -0.15) is 0 Å². The highest BCUT2D eigenvalue weighted by Crippen LogP contribution is 2.34. The summed E-state index contributed by atoms with van der Waals surface area (Å²) >= 11 is 3.70. The number of halogens is 1. The van der Waals surface area contributed by atoms with Crippen LogP contribution in [0, 0.1) is 11.8 Å². The van der Waals surface area contributed by atoms with E-state index in [0.29, 0.717) is 11.8 Å². The predicted octanol–water partition coefficient (Wildman–Crippen LogP) is 4.51. The van der Waals surface area contributed by atoms with Gasteiger partial charge in [0, 0.05) is 16.7 Å². The van der Waals surface area contributed by atoms with Gasteiger partial charge in [0.25, 0.3) is 0 Å². The standard InChI is InChI=1S/C15H27BrO2/c1-2-3-4-5-12-10-17-15(18-11-12)13-6-8-14(16)9-7-13/h12-15H,2-11H2,1H3. The molecule has 0 aromatic rings. The lowest BCUT2D eigenvalue weighted by Gasteiger charge is -2.36. The number of unbranched alkanes of at least 4 members (excludes halogenated alkanes) is 2. The zero-order valence-electron chi connectivity index (χ0n) is 11.6. The van der Waals surface area contributed by atoms with Crippen molar-refractivity contribution >= 4 is 15.9 Å². The van der Waals surface area contributed by atoms with Gasteiger partial charge in [-0.05, 0) is 32.1 Å². The fourth-order valence-electron chi connectivity index (χ4n) is 3.03. The van der Waals surface area contributed by atoms with E-state index in [1.54, 1.807) is 0 Å². The molecule has 2 fully saturated rings. The Kier molecular flexibility index (Phi) is 6.46. The van der Waals surface area contributed by atoms with E-state index in [1.807, 2.05) is 0 Å². The molecule has 0 unspecified atom stereocenters. The molecule has 106 valence electrons. The average Bonchev–Trinajstić information content (AvgIpc) is 2.41. The highest BCUT2D eigenvalue weighted by atomic mass is 79.9. The Bertz CT molecular complexity index is 219. The van der Waals surface area contributed by atoms with Crippen molar-refractivity contribution in [2.24, 2.45) is 11.8 Å². The second-order valence-corrected chi connectivity index (χ2v) is 7.20. The van der Waals surface area contributed by atoms with E-state index in [-0.39, 0.29) is 6.29 Å². The number of hydrogen-bond donors (Lipinski definition) is 0. The van der Waals surface area contributed by atoms with E-state index in [9.17, 15) is 0 Å². The van der Waals surface area contributed by atoms with Crippen molar-refractivity contribution in [3.8, 4) is 0 Å². The Balaban J connectivity index is 1.63. The van der Waals surface area contributed by atoms with Crippen molar-refractivity contribution < 1.29 is 9.47 Å². The van der Waals surface area contributed by atoms with Gasteiger partial charge in [-0.15, -0.1) is 0 Å². The molecule has 2 nitrogen and oxygen atoms in total. The number of hydrogen-bond acceptors (Lipinski definition) is 2. The van der Waals surface area contributed by atoms with Crippen molar-refractivity contribution in [1.29, 1.82) is 0 Å². The van der Waals surface area contributed by atoms with Crippen LogP contribution in [-0.4, -0.2) is 24.3 Å². The largest absolute Gasteiger partial charge is 0.352 e. The van der Waals surface area contributed by atoms with Crippen LogP contribution in [0.3, 0.4) is 0 Å². The molecule has 0 amide bonds. The van der Waals surface area contributed by atoms with Crippen molar-refractivity contribution in [3.63, 3.8) is 0 Å². The monoisotopic (exact) mass is 318 g/mol. The maximum absolute atomic E-state index is 5.96. The summed E-state index contributed by atoms with van der Waals surface area (Å²) < 4.78 is 11.9. The highest BCUT2D eigenvalue weighted by Gasteiger charge is 2.31. The fraction of sp³-hybridized carbons (Fsp3) is 1.00. The molecule has 0 aromatic heterocycles. The molecule has 1 saturated carbocycles. The van der Waals surface area contributed by atoms with Crippen LogP contribution in [0.15, 0.2) is 0 Å². The lowest BCUT2D eigenvalue weighted by Crippen LogP contribution is -2.38. The molecule has 3 heteroatoms. The Morgan fingerprint density at radius 1 is 1.00 bits per heavy atom. The van der Waals surface area contributed by atoms with Gasteiger partial charge in [0.05, 0.1) is 13.2 Å². The smallest absolute Gasteiger partial charge is 0.160 e. The molecule has 1 heterocycles. The predicted molar refractivity (Wildman–Crippen MR) is 78.0 cm³/mol. The van der Waals surface area contributed by atoms with E-state index in [1.165, 1.54) is 51.4 Å². The van der Waals surface area contributed by atoms with Crippen LogP contribution >= 0.6 is 15.9 Å². The first-order chi connectivity index (χ1) is 8.79. The van der Waals surface area contributed by atoms with E-state index >= 15 is 0 Å². The van der Waals surface area contributed by atoms with Crippen LogP contribution in [0.2, 0.25) is 0 Å². The summed E-state index contributed by atoms with van der Waals surface area (Å²) in [4.78, 5) is 0.721. The van der Waals surface area contributed by atoms with E-state index < -0.39 is 0 Å². The zero-order chi connectivity index (χ0) is 12.8. The summed E-state index contributed by atoms with van der Waals surface area (Å²) in [6, 6.07) is 0. The summed E-state index contributed by atoms with van der Waals surface area (Å²) in [5.41, 5.74) is 0. The minimum atomic E-state index is 0.0902. The van der Waals surface area contributed by atoms with Crippen LogP contribution < -0.4 is 0 Å². The summed E-state index contributed by atoms with van der Waals surface area (Å²) in [6.45, 7) is 4.09. The fourth-order valence-corrected chi connectivity index (χ4v) is 3.56. The molecular weight excluding hydrogens is 292 g/mol. The van der Waals surface area contributed by atoms with Gasteiger partial charge >= 0.3 is 0 Å². The van der Waals surface area contributed by atoms with E-state index in [4.69, 9.17) is 9.47 Å². The molecule has 2 aliphatic rings. The molecule has 0 radical (unpaired) electrons. The Morgan fingerprint density at radius 2 is 1.67 bits per heavy atom. The zero-order valence-corrected chi connectivity index (χ0v) is 13.2. The van der Waals surface area contributed by atoms with Gasteiger partial charge in [-0.25, -0.2) is 0 Å². The van der Waals surface area contributed by atoms with Gasteiger partial charge in [0.1, 0.15) is 0 Å². The third kappa shape index (κ3) is 4.50. The molecule has 0 N–H and O–H groups in total. The van der Waals surface area contributed by atoms with Crippen molar-refractivity contribution in [2.45, 2.75) is 69.4 Å². The highest BCUT2D eigenvalue weighted by molar-refractivity contribution is 9.09. The van der Waals surface area contributed by atoms with Gasteiger partial charge in [-0.1, -0.05) is 42.1 Å². The van der Waals surface area contributed by atoms with Gasteiger partial charge < -0.3 is 9.47 Å². The second kappa shape index (κ2) is 7.86. The van der Waals surface area contributed by atoms with Crippen LogP contribution in [0.25, 0.3) is 0 Å². The first-order valence-corrected chi connectivity index (χ1v) is 8.58. The van der Waals surface area contributed by atoms with Gasteiger partial charge in [0.15, 0.2) is 6.29 Å². The minimum Gasteiger partial charge on any atom is -0.352 e. The summed E-state index contributed by atoms with van der Waals surface area (Å²) in [5, 5.41) is 0. The molecule has 0 spiro atoms. The third-order valence-electron chi connectivity index (χ3n) is 4.29. The molecule has 0 aromatic carbocycles. The third-order valence-corrected chi connectivity index (χ3v) is 5.21. The maximum atomic E-state index is 5.96. The first-order valence-electron chi connectivity index (χ1n) is 7.67. The molecule has 1 aliphatic heterocycles. The Hall–Kier alpha value is 0.400. The van der Waals surface area contributed by atoms with Crippen LogP contribution in [0.4, 0.5) is 0 Å². The molecular formula is C15H27BrO2. The Labute approximate surface area is 120 Å². The molecule has 2 rings (SSSR count). The minimum absolute atomic E-state index is 0.0902. The van der Waals surface area contributed by atoms with Gasteiger partial charge in [-0.3, -0.25) is 0 Å². The van der Waals surface area contributed by atoms with Crippen LogP contribution in [0.1, 0.15) is 58.3 Å². The van der Waals surface area contributed by atoms with E-state index in [0.717, 1.165) is 18.0 Å². The topological polar surface area (TPSA) is 18.5 Å². The molecule has 1 aliphatic carbocycles. The number of alkyl halides is 1. The quantitative estimate of drug-likeness (QED) is 0.548. The van der Waals surface area contributed by atoms with Crippen molar-refractivity contribution in [3.05, 3.63) is 0 Å². The summed E-state index contributed by atoms with van der Waals surface area (Å²) in [7, 11) is 0. The molecule has 0 bridgehead atoms. The van der Waals surface area contributed by atoms with Crippen LogP contribution in [-0.2, 0) is 9.47 Å².